The second-order valence-corrected chi connectivity index (χ2v) is 3.98. The van der Waals surface area contributed by atoms with Gasteiger partial charge in [-0.25, -0.2) is 0 Å². The highest BCUT2D eigenvalue weighted by Gasteiger charge is 2.11. The number of anilines is 2. The van der Waals surface area contributed by atoms with Crippen LogP contribution < -0.4 is 11.1 Å². The number of nitrogen functional groups attached to an aromatic ring is 1. The minimum Gasteiger partial charge on any atom is -0.398 e. The molecule has 0 aliphatic rings. The van der Waals surface area contributed by atoms with Gasteiger partial charge in [-0.1, -0.05) is 19.9 Å². The van der Waals surface area contributed by atoms with Crippen LogP contribution in [0.4, 0.5) is 11.4 Å². The third kappa shape index (κ3) is 2.47. The summed E-state index contributed by atoms with van der Waals surface area (Å²) in [5.74, 6) is 0. The van der Waals surface area contributed by atoms with Crippen LogP contribution in [-0.4, -0.2) is 18.3 Å². The van der Waals surface area contributed by atoms with Crippen LogP contribution in [0.25, 0.3) is 0 Å². The van der Waals surface area contributed by atoms with Gasteiger partial charge >= 0.3 is 0 Å². The molecule has 0 aromatic heterocycles. The first-order valence-corrected chi connectivity index (χ1v) is 5.91. The van der Waals surface area contributed by atoms with Crippen molar-refractivity contribution < 1.29 is 5.11 Å². The fraction of sp³-hybridized carbons (Fsp3) is 0.538. The van der Waals surface area contributed by atoms with Crippen molar-refractivity contribution in [2.75, 3.05) is 24.2 Å². The number of aryl methyl sites for hydroxylation is 2. The summed E-state index contributed by atoms with van der Waals surface area (Å²) in [6, 6.07) is 2.13. The Kier molecular flexibility index (Phi) is 4.62. The third-order valence-electron chi connectivity index (χ3n) is 2.91. The molecule has 0 bridgehead atoms. The maximum Gasteiger partial charge on any atom is 0.0604 e. The molecule has 90 valence electrons. The van der Waals surface area contributed by atoms with E-state index in [-0.39, 0.29) is 6.61 Å². The lowest BCUT2D eigenvalue weighted by atomic mass is 9.97. The zero-order chi connectivity index (χ0) is 12.1. The molecule has 0 radical (unpaired) electrons. The van der Waals surface area contributed by atoms with E-state index in [0.717, 1.165) is 24.2 Å². The van der Waals surface area contributed by atoms with Crippen LogP contribution in [0.5, 0.6) is 0 Å². The lowest BCUT2D eigenvalue weighted by Gasteiger charge is -2.18. The molecule has 1 rings (SSSR count). The molecule has 3 nitrogen and oxygen atoms in total. The van der Waals surface area contributed by atoms with Gasteiger partial charge in [-0.05, 0) is 36.5 Å². The standard InChI is InChI=1S/C13H22N2O/c1-4-10-8-9(3)13(15-6-7-16)11(5-2)12(10)14/h8,15-16H,4-7,14H2,1-3H3. The first kappa shape index (κ1) is 12.8. The average molecular weight is 222 g/mol. The maximum absolute atomic E-state index is 8.86. The molecule has 1 aromatic carbocycles. The zero-order valence-corrected chi connectivity index (χ0v) is 10.4. The Hall–Kier alpha value is -1.22. The quantitative estimate of drug-likeness (QED) is 0.669. The van der Waals surface area contributed by atoms with E-state index in [4.69, 9.17) is 10.8 Å². The van der Waals surface area contributed by atoms with E-state index in [1.165, 1.54) is 16.7 Å². The highest BCUT2D eigenvalue weighted by atomic mass is 16.3. The number of benzene rings is 1. The van der Waals surface area contributed by atoms with Crippen LogP contribution in [0.3, 0.4) is 0 Å². The second kappa shape index (κ2) is 5.75. The topological polar surface area (TPSA) is 58.3 Å². The van der Waals surface area contributed by atoms with Gasteiger partial charge in [0.1, 0.15) is 0 Å². The third-order valence-corrected chi connectivity index (χ3v) is 2.91. The van der Waals surface area contributed by atoms with Crippen molar-refractivity contribution in [2.45, 2.75) is 33.6 Å². The van der Waals surface area contributed by atoms with Crippen molar-refractivity contribution in [3.8, 4) is 0 Å². The van der Waals surface area contributed by atoms with Crippen LogP contribution in [-0.2, 0) is 12.8 Å². The summed E-state index contributed by atoms with van der Waals surface area (Å²) in [4.78, 5) is 0. The molecule has 0 atom stereocenters. The minimum absolute atomic E-state index is 0.137. The molecule has 1 aromatic rings. The molecule has 0 saturated carbocycles. The van der Waals surface area contributed by atoms with Crippen molar-refractivity contribution in [3.05, 3.63) is 22.8 Å². The molecule has 0 aliphatic carbocycles. The van der Waals surface area contributed by atoms with Gasteiger partial charge in [0.05, 0.1) is 6.61 Å². The van der Waals surface area contributed by atoms with Gasteiger partial charge in [-0.15, -0.1) is 0 Å². The SMILES string of the molecule is CCc1cc(C)c(NCCO)c(CC)c1N. The van der Waals surface area contributed by atoms with Gasteiger partial charge in [0.25, 0.3) is 0 Å². The van der Waals surface area contributed by atoms with Gasteiger partial charge in [0.2, 0.25) is 0 Å². The molecule has 0 amide bonds. The monoisotopic (exact) mass is 222 g/mol. The molecule has 16 heavy (non-hydrogen) atoms. The van der Waals surface area contributed by atoms with Crippen LogP contribution >= 0.6 is 0 Å². The van der Waals surface area contributed by atoms with Gasteiger partial charge < -0.3 is 16.2 Å². The lowest BCUT2D eigenvalue weighted by molar-refractivity contribution is 0.311. The van der Waals surface area contributed by atoms with Gasteiger partial charge in [0, 0.05) is 17.9 Å². The van der Waals surface area contributed by atoms with Crippen LogP contribution in [0.15, 0.2) is 6.07 Å². The fourth-order valence-electron chi connectivity index (χ4n) is 2.06. The molecular weight excluding hydrogens is 200 g/mol. The van der Waals surface area contributed by atoms with E-state index >= 15 is 0 Å². The summed E-state index contributed by atoms with van der Waals surface area (Å²) < 4.78 is 0. The van der Waals surface area contributed by atoms with E-state index in [1.54, 1.807) is 0 Å². The summed E-state index contributed by atoms with van der Waals surface area (Å²) in [6.45, 7) is 7.01. The van der Waals surface area contributed by atoms with E-state index in [0.29, 0.717) is 6.54 Å². The van der Waals surface area contributed by atoms with E-state index in [9.17, 15) is 0 Å². The first-order chi connectivity index (χ1) is 7.65. The summed E-state index contributed by atoms with van der Waals surface area (Å²) in [6.07, 6.45) is 1.87. The second-order valence-electron chi connectivity index (χ2n) is 3.98. The number of rotatable bonds is 5. The predicted molar refractivity (Wildman–Crippen MR) is 69.9 cm³/mol. The van der Waals surface area contributed by atoms with E-state index in [1.807, 2.05) is 0 Å². The number of aliphatic hydroxyl groups is 1. The Morgan fingerprint density at radius 3 is 2.50 bits per heavy atom. The maximum atomic E-state index is 8.86. The van der Waals surface area contributed by atoms with E-state index < -0.39 is 0 Å². The minimum atomic E-state index is 0.137. The Morgan fingerprint density at radius 1 is 1.31 bits per heavy atom. The number of aliphatic hydroxyl groups excluding tert-OH is 1. The van der Waals surface area contributed by atoms with Crippen molar-refractivity contribution in [2.24, 2.45) is 0 Å². The van der Waals surface area contributed by atoms with Crippen LogP contribution in [0.2, 0.25) is 0 Å². The molecular formula is C13H22N2O. The van der Waals surface area contributed by atoms with Crippen LogP contribution in [0, 0.1) is 6.92 Å². The number of hydrogen-bond donors (Lipinski definition) is 3. The molecule has 0 heterocycles. The zero-order valence-electron chi connectivity index (χ0n) is 10.4. The van der Waals surface area contributed by atoms with Gasteiger partial charge in [-0.2, -0.15) is 0 Å². The normalized spacial score (nSPS) is 10.5. The number of nitrogens with two attached hydrogens (primary N) is 1. The Bertz CT molecular complexity index is 361. The van der Waals surface area contributed by atoms with E-state index in [2.05, 4.69) is 32.2 Å². The Balaban J connectivity index is 3.20. The average Bonchev–Trinajstić information content (AvgIpc) is 2.29. The molecule has 0 spiro atoms. The molecule has 0 fully saturated rings. The molecule has 4 N–H and O–H groups in total. The highest BCUT2D eigenvalue weighted by molar-refractivity contribution is 5.70. The number of nitrogens with one attached hydrogen (secondary N) is 1. The Labute approximate surface area is 97.7 Å². The number of hydrogen-bond acceptors (Lipinski definition) is 3. The fourth-order valence-corrected chi connectivity index (χ4v) is 2.06. The highest BCUT2D eigenvalue weighted by Crippen LogP contribution is 2.30. The molecule has 3 heteroatoms. The smallest absolute Gasteiger partial charge is 0.0604 e. The van der Waals surface area contributed by atoms with Crippen molar-refractivity contribution in [3.63, 3.8) is 0 Å². The first-order valence-electron chi connectivity index (χ1n) is 5.91. The summed E-state index contributed by atoms with van der Waals surface area (Å²) in [5, 5.41) is 12.1. The van der Waals surface area contributed by atoms with Crippen molar-refractivity contribution in [1.82, 2.24) is 0 Å². The predicted octanol–water partition coefficient (Wildman–Crippen LogP) is 2.11. The summed E-state index contributed by atoms with van der Waals surface area (Å²) in [5.41, 5.74) is 11.7. The van der Waals surface area contributed by atoms with Gasteiger partial charge in [0.15, 0.2) is 0 Å². The Morgan fingerprint density at radius 2 is 2.00 bits per heavy atom. The lowest BCUT2D eigenvalue weighted by Crippen LogP contribution is -2.11. The van der Waals surface area contributed by atoms with Crippen LogP contribution in [0.1, 0.15) is 30.5 Å². The summed E-state index contributed by atoms with van der Waals surface area (Å²) in [7, 11) is 0. The summed E-state index contributed by atoms with van der Waals surface area (Å²) >= 11 is 0. The van der Waals surface area contributed by atoms with Gasteiger partial charge in [-0.3, -0.25) is 0 Å². The van der Waals surface area contributed by atoms with Crippen molar-refractivity contribution >= 4 is 11.4 Å². The largest absolute Gasteiger partial charge is 0.398 e. The molecule has 0 unspecified atom stereocenters. The van der Waals surface area contributed by atoms with Crippen molar-refractivity contribution in [1.29, 1.82) is 0 Å². The molecule has 0 aliphatic heterocycles. The molecule has 0 saturated heterocycles.